The molecule has 0 radical (unpaired) electrons. The van der Waals surface area contributed by atoms with Gasteiger partial charge in [-0.25, -0.2) is 18.7 Å². The van der Waals surface area contributed by atoms with Crippen molar-refractivity contribution < 1.29 is 8.78 Å². The summed E-state index contributed by atoms with van der Waals surface area (Å²) >= 11 is 1.41. The average Bonchev–Trinajstić information content (AvgIpc) is 2.91. The van der Waals surface area contributed by atoms with Gasteiger partial charge in [-0.1, -0.05) is 0 Å². The lowest BCUT2D eigenvalue weighted by molar-refractivity contribution is 0.565. The van der Waals surface area contributed by atoms with Crippen LogP contribution in [0.3, 0.4) is 0 Å². The van der Waals surface area contributed by atoms with Gasteiger partial charge in [0.15, 0.2) is 5.82 Å². The predicted molar refractivity (Wildman–Crippen MR) is 102 cm³/mol. The lowest BCUT2D eigenvalue weighted by Gasteiger charge is -2.10. The molecule has 3 aromatic rings. The number of aryl methyl sites for hydroxylation is 4. The van der Waals surface area contributed by atoms with Crippen LogP contribution < -0.4 is 5.73 Å². The zero-order valence-corrected chi connectivity index (χ0v) is 16.0. The molecule has 1 aromatic carbocycles. The highest BCUT2D eigenvalue weighted by Gasteiger charge is 2.15. The van der Waals surface area contributed by atoms with Crippen LogP contribution in [0.25, 0.3) is 11.0 Å². The Bertz CT molecular complexity index is 953. The molecule has 0 saturated heterocycles. The molecule has 0 aliphatic carbocycles. The molecule has 4 nitrogen and oxygen atoms in total. The number of nitrogen functional groups attached to an aromatic ring is 1. The summed E-state index contributed by atoms with van der Waals surface area (Å²) in [5, 5.41) is 0. The maximum absolute atomic E-state index is 13.6. The van der Waals surface area contributed by atoms with Crippen LogP contribution in [0.5, 0.6) is 0 Å². The zero-order chi connectivity index (χ0) is 18.8. The van der Waals surface area contributed by atoms with Crippen molar-refractivity contribution in [2.75, 3.05) is 11.5 Å². The smallest absolute Gasteiger partial charge is 0.151 e. The van der Waals surface area contributed by atoms with Crippen LogP contribution in [0, 0.1) is 32.4 Å². The number of anilines is 1. The Balaban J connectivity index is 1.64. The summed E-state index contributed by atoms with van der Waals surface area (Å²) in [4.78, 5) is 9.40. The normalized spacial score (nSPS) is 11.4. The average molecular weight is 376 g/mol. The molecule has 2 heterocycles. The molecule has 26 heavy (non-hydrogen) atoms. The van der Waals surface area contributed by atoms with Crippen LogP contribution in [0.1, 0.15) is 29.9 Å². The molecule has 0 aliphatic rings. The van der Waals surface area contributed by atoms with Crippen LogP contribution in [0.4, 0.5) is 14.6 Å². The number of thioether (sulfide) groups is 1. The van der Waals surface area contributed by atoms with E-state index in [0.29, 0.717) is 10.7 Å². The van der Waals surface area contributed by atoms with E-state index in [1.165, 1.54) is 23.9 Å². The highest BCUT2D eigenvalue weighted by molar-refractivity contribution is 7.99. The monoisotopic (exact) mass is 376 g/mol. The second kappa shape index (κ2) is 7.61. The molecule has 0 fully saturated rings. The highest BCUT2D eigenvalue weighted by Crippen LogP contribution is 2.27. The third-order valence-corrected chi connectivity index (χ3v) is 5.65. The van der Waals surface area contributed by atoms with Crippen LogP contribution >= 0.6 is 11.8 Å². The van der Waals surface area contributed by atoms with E-state index in [0.717, 1.165) is 59.3 Å². The fourth-order valence-corrected chi connectivity index (χ4v) is 3.96. The maximum atomic E-state index is 13.6. The summed E-state index contributed by atoms with van der Waals surface area (Å²) < 4.78 is 28.7. The number of benzene rings is 1. The Labute approximate surface area is 155 Å². The van der Waals surface area contributed by atoms with Crippen LogP contribution in [0.2, 0.25) is 0 Å². The first kappa shape index (κ1) is 18.6. The Hall–Kier alpha value is -2.15. The molecule has 0 unspecified atom stereocenters. The number of hydrogen-bond acceptors (Lipinski definition) is 4. The first-order valence-electron chi connectivity index (χ1n) is 8.56. The second-order valence-electron chi connectivity index (χ2n) is 6.35. The van der Waals surface area contributed by atoms with Crippen molar-refractivity contribution in [2.24, 2.45) is 0 Å². The van der Waals surface area contributed by atoms with Gasteiger partial charge in [-0.15, -0.1) is 11.8 Å². The third-order valence-electron chi connectivity index (χ3n) is 4.51. The summed E-state index contributed by atoms with van der Waals surface area (Å²) in [6.45, 7) is 6.77. The minimum atomic E-state index is -0.547. The van der Waals surface area contributed by atoms with Crippen molar-refractivity contribution in [3.8, 4) is 0 Å². The van der Waals surface area contributed by atoms with Crippen molar-refractivity contribution in [3.63, 3.8) is 0 Å². The van der Waals surface area contributed by atoms with E-state index in [-0.39, 0.29) is 0 Å². The van der Waals surface area contributed by atoms with Crippen LogP contribution in [-0.4, -0.2) is 20.3 Å². The number of nitrogens with two attached hydrogens (primary N) is 1. The lowest BCUT2D eigenvalue weighted by Crippen LogP contribution is -2.04. The molecule has 2 N–H and O–H groups in total. The summed E-state index contributed by atoms with van der Waals surface area (Å²) in [6.07, 6.45) is 1.85. The van der Waals surface area contributed by atoms with Crippen molar-refractivity contribution in [1.82, 2.24) is 14.5 Å². The molecular weight excluding hydrogens is 354 g/mol. The molecular formula is C19H22F2N4S. The van der Waals surface area contributed by atoms with E-state index >= 15 is 0 Å². The standard InChI is InChI=1S/C19H22F2N4S/c1-11-12(2)23-19(22)17-18(11)25(13(3)24-17)8-4-5-9-26-16-7-6-14(20)10-15(16)21/h6-7,10H,4-5,8-9H2,1-3H3,(H2,22,23). The molecule has 0 spiro atoms. The molecule has 138 valence electrons. The lowest BCUT2D eigenvalue weighted by atomic mass is 10.2. The van der Waals surface area contributed by atoms with E-state index in [1.54, 1.807) is 0 Å². The van der Waals surface area contributed by atoms with E-state index in [2.05, 4.69) is 14.5 Å². The molecule has 0 bridgehead atoms. The predicted octanol–water partition coefficient (Wildman–Crippen LogP) is 4.79. The number of aromatic nitrogens is 3. The molecule has 0 aliphatic heterocycles. The number of rotatable bonds is 6. The van der Waals surface area contributed by atoms with Crippen LogP contribution in [-0.2, 0) is 6.54 Å². The van der Waals surface area contributed by atoms with Gasteiger partial charge in [0, 0.05) is 23.2 Å². The quantitative estimate of drug-likeness (QED) is 0.496. The minimum Gasteiger partial charge on any atom is -0.382 e. The Kier molecular flexibility index (Phi) is 5.46. The summed E-state index contributed by atoms with van der Waals surface area (Å²) in [5.41, 5.74) is 9.84. The fraction of sp³-hybridized carbons (Fsp3) is 0.368. The number of unbranched alkanes of at least 4 members (excludes halogenated alkanes) is 1. The molecule has 0 saturated carbocycles. The summed E-state index contributed by atoms with van der Waals surface area (Å²) in [5.74, 6) is 1.11. The summed E-state index contributed by atoms with van der Waals surface area (Å²) in [6, 6.07) is 3.70. The van der Waals surface area contributed by atoms with E-state index in [1.807, 2.05) is 20.8 Å². The van der Waals surface area contributed by atoms with Gasteiger partial charge in [-0.2, -0.15) is 0 Å². The topological polar surface area (TPSA) is 56.7 Å². The molecule has 3 rings (SSSR count). The molecule has 0 amide bonds. The number of nitrogens with zero attached hydrogens (tertiary/aromatic N) is 3. The number of fused-ring (bicyclic) bond motifs is 1. The highest BCUT2D eigenvalue weighted by atomic mass is 32.2. The Morgan fingerprint density at radius 2 is 1.88 bits per heavy atom. The molecule has 7 heteroatoms. The number of imidazole rings is 1. The van der Waals surface area contributed by atoms with Gasteiger partial charge >= 0.3 is 0 Å². The van der Waals surface area contributed by atoms with Gasteiger partial charge in [0.1, 0.15) is 23.0 Å². The van der Waals surface area contributed by atoms with Gasteiger partial charge in [0.05, 0.1) is 5.52 Å². The second-order valence-corrected chi connectivity index (χ2v) is 7.48. The van der Waals surface area contributed by atoms with Gasteiger partial charge in [-0.05, 0) is 57.1 Å². The van der Waals surface area contributed by atoms with E-state index < -0.39 is 11.6 Å². The zero-order valence-electron chi connectivity index (χ0n) is 15.1. The molecule has 2 aromatic heterocycles. The van der Waals surface area contributed by atoms with Gasteiger partial charge in [-0.3, -0.25) is 0 Å². The van der Waals surface area contributed by atoms with Crippen molar-refractivity contribution in [3.05, 3.63) is 46.9 Å². The number of halogens is 2. The minimum absolute atomic E-state index is 0.465. The van der Waals surface area contributed by atoms with E-state index in [9.17, 15) is 8.78 Å². The Morgan fingerprint density at radius 3 is 2.62 bits per heavy atom. The summed E-state index contributed by atoms with van der Waals surface area (Å²) in [7, 11) is 0. The van der Waals surface area contributed by atoms with E-state index in [4.69, 9.17) is 5.73 Å². The van der Waals surface area contributed by atoms with Crippen molar-refractivity contribution in [1.29, 1.82) is 0 Å². The van der Waals surface area contributed by atoms with Crippen molar-refractivity contribution >= 4 is 28.6 Å². The third kappa shape index (κ3) is 3.67. The number of hydrogen-bond donors (Lipinski definition) is 1. The largest absolute Gasteiger partial charge is 0.382 e. The fourth-order valence-electron chi connectivity index (χ4n) is 3.03. The van der Waals surface area contributed by atoms with Gasteiger partial charge in [0.2, 0.25) is 0 Å². The Morgan fingerprint density at radius 1 is 1.12 bits per heavy atom. The van der Waals surface area contributed by atoms with Crippen molar-refractivity contribution in [2.45, 2.75) is 45.1 Å². The SMILES string of the molecule is Cc1nc(N)c2nc(C)n(CCCCSc3ccc(F)cc3F)c2c1C. The maximum Gasteiger partial charge on any atom is 0.151 e. The molecule has 0 atom stereocenters. The first-order valence-corrected chi connectivity index (χ1v) is 9.54. The number of pyridine rings is 1. The van der Waals surface area contributed by atoms with Gasteiger partial charge in [0.25, 0.3) is 0 Å². The van der Waals surface area contributed by atoms with Gasteiger partial charge < -0.3 is 10.3 Å². The first-order chi connectivity index (χ1) is 12.4. The van der Waals surface area contributed by atoms with Crippen LogP contribution in [0.15, 0.2) is 23.1 Å².